The molecule has 1 saturated carbocycles. The number of hydrogen-bond acceptors (Lipinski definition) is 4. The maximum absolute atomic E-state index is 14.0. The Morgan fingerprint density at radius 3 is 2.19 bits per heavy atom. The number of nitro benzene ring substituents is 1. The molecule has 1 aliphatic carbocycles. The maximum atomic E-state index is 14.0. The first-order valence-electron chi connectivity index (χ1n) is 6.97. The molecule has 5 nitrogen and oxygen atoms in total. The van der Waals surface area contributed by atoms with Crippen LogP contribution >= 0.6 is 0 Å². The van der Waals surface area contributed by atoms with E-state index in [0.29, 0.717) is 6.04 Å². The molecule has 7 heteroatoms. The van der Waals surface area contributed by atoms with Gasteiger partial charge in [-0.3, -0.25) is 10.1 Å². The average Bonchev–Trinajstić information content (AvgIpc) is 2.46. The molecule has 0 aromatic heterocycles. The van der Waals surface area contributed by atoms with Crippen molar-refractivity contribution in [2.45, 2.75) is 37.8 Å². The van der Waals surface area contributed by atoms with Gasteiger partial charge in [-0.1, -0.05) is 0 Å². The van der Waals surface area contributed by atoms with Crippen LogP contribution in [-0.2, 0) is 0 Å². The second-order valence-electron chi connectivity index (χ2n) is 5.42. The maximum Gasteiger partial charge on any atom is 0.275 e. The first-order valence-corrected chi connectivity index (χ1v) is 6.97. The van der Waals surface area contributed by atoms with Gasteiger partial charge in [-0.2, -0.15) is 0 Å². The lowest BCUT2D eigenvalue weighted by Gasteiger charge is -2.36. The van der Waals surface area contributed by atoms with Crippen molar-refractivity contribution in [3.63, 3.8) is 0 Å². The Balaban J connectivity index is 2.20. The van der Waals surface area contributed by atoms with Crippen molar-refractivity contribution in [3.8, 4) is 0 Å². The first-order chi connectivity index (χ1) is 9.93. The molecule has 0 spiro atoms. The predicted octanol–water partition coefficient (Wildman–Crippen LogP) is 2.84. The van der Waals surface area contributed by atoms with Crippen LogP contribution in [-0.4, -0.2) is 31.1 Å². The zero-order valence-corrected chi connectivity index (χ0v) is 12.1. The van der Waals surface area contributed by atoms with Crippen LogP contribution < -0.4 is 10.2 Å². The van der Waals surface area contributed by atoms with E-state index in [1.165, 1.54) is 0 Å². The van der Waals surface area contributed by atoms with Gasteiger partial charge in [0.2, 0.25) is 0 Å². The van der Waals surface area contributed by atoms with Crippen molar-refractivity contribution in [2.24, 2.45) is 0 Å². The molecule has 1 aromatic rings. The quantitative estimate of drug-likeness (QED) is 0.686. The van der Waals surface area contributed by atoms with E-state index in [2.05, 4.69) is 5.32 Å². The second-order valence-corrected chi connectivity index (χ2v) is 5.42. The Morgan fingerprint density at radius 1 is 1.24 bits per heavy atom. The van der Waals surface area contributed by atoms with Crippen LogP contribution in [0.25, 0.3) is 0 Å². The largest absolute Gasteiger partial charge is 0.367 e. The fourth-order valence-corrected chi connectivity index (χ4v) is 2.93. The molecule has 0 atom stereocenters. The van der Waals surface area contributed by atoms with E-state index in [1.54, 1.807) is 11.9 Å². The van der Waals surface area contributed by atoms with Crippen LogP contribution in [0.15, 0.2) is 12.1 Å². The molecule has 0 unspecified atom stereocenters. The third-order valence-corrected chi connectivity index (χ3v) is 4.22. The smallest absolute Gasteiger partial charge is 0.275 e. The van der Waals surface area contributed by atoms with Gasteiger partial charge in [0, 0.05) is 19.1 Å². The number of halogens is 2. The average molecular weight is 299 g/mol. The molecular formula is C14H19F2N3O2. The van der Waals surface area contributed by atoms with E-state index in [4.69, 9.17) is 0 Å². The minimum atomic E-state index is -0.889. The Labute approximate surface area is 122 Å². The number of nitrogens with one attached hydrogen (secondary N) is 1. The molecule has 21 heavy (non-hydrogen) atoms. The lowest BCUT2D eigenvalue weighted by atomic mass is 9.90. The molecule has 0 heterocycles. The Morgan fingerprint density at radius 2 is 1.76 bits per heavy atom. The number of non-ortho nitro benzene ring substituents is 1. The summed E-state index contributed by atoms with van der Waals surface area (Å²) in [4.78, 5) is 11.4. The molecule has 116 valence electrons. The van der Waals surface area contributed by atoms with Gasteiger partial charge in [0.15, 0.2) is 11.6 Å². The van der Waals surface area contributed by atoms with Gasteiger partial charge in [-0.25, -0.2) is 8.78 Å². The third-order valence-electron chi connectivity index (χ3n) is 4.22. The summed E-state index contributed by atoms with van der Waals surface area (Å²) < 4.78 is 28.0. The zero-order chi connectivity index (χ0) is 15.6. The van der Waals surface area contributed by atoms with Gasteiger partial charge in [-0.15, -0.1) is 0 Å². The zero-order valence-electron chi connectivity index (χ0n) is 12.1. The van der Waals surface area contributed by atoms with E-state index in [1.807, 2.05) is 7.05 Å². The lowest BCUT2D eigenvalue weighted by Crippen LogP contribution is -2.40. The molecule has 2 rings (SSSR count). The molecular weight excluding hydrogens is 280 g/mol. The van der Waals surface area contributed by atoms with Gasteiger partial charge in [0.25, 0.3) is 5.69 Å². The molecule has 0 radical (unpaired) electrons. The summed E-state index contributed by atoms with van der Waals surface area (Å²) in [6.07, 6.45) is 3.55. The van der Waals surface area contributed by atoms with E-state index in [0.717, 1.165) is 37.8 Å². The molecule has 0 aliphatic heterocycles. The fourth-order valence-electron chi connectivity index (χ4n) is 2.93. The standard InChI is InChI=1S/C14H19F2N3O2/c1-17-9-3-5-10(6-4-9)18(2)14-12(15)7-11(19(20)21)8-13(14)16/h7-10,17H,3-6H2,1-2H3. The lowest BCUT2D eigenvalue weighted by molar-refractivity contribution is -0.385. The Hall–Kier alpha value is -1.76. The van der Waals surface area contributed by atoms with Crippen LogP contribution in [0.1, 0.15) is 25.7 Å². The van der Waals surface area contributed by atoms with Gasteiger partial charge < -0.3 is 10.2 Å². The molecule has 0 bridgehead atoms. The highest BCUT2D eigenvalue weighted by Gasteiger charge is 2.27. The summed E-state index contributed by atoms with van der Waals surface area (Å²) in [5.41, 5.74) is -0.755. The summed E-state index contributed by atoms with van der Waals surface area (Å²) in [6.45, 7) is 0. The highest BCUT2D eigenvalue weighted by molar-refractivity contribution is 5.54. The van der Waals surface area contributed by atoms with E-state index < -0.39 is 22.2 Å². The predicted molar refractivity (Wildman–Crippen MR) is 76.5 cm³/mol. The fraction of sp³-hybridized carbons (Fsp3) is 0.571. The number of benzene rings is 1. The third kappa shape index (κ3) is 3.29. The van der Waals surface area contributed by atoms with Crippen LogP contribution in [0.5, 0.6) is 0 Å². The van der Waals surface area contributed by atoms with Crippen LogP contribution in [0.4, 0.5) is 20.2 Å². The molecule has 0 saturated heterocycles. The molecule has 0 amide bonds. The number of nitro groups is 1. The highest BCUT2D eigenvalue weighted by atomic mass is 19.1. The Bertz CT molecular complexity index is 508. The first kappa shape index (κ1) is 15.6. The van der Waals surface area contributed by atoms with Crippen LogP contribution in [0.3, 0.4) is 0 Å². The van der Waals surface area contributed by atoms with Gasteiger partial charge >= 0.3 is 0 Å². The van der Waals surface area contributed by atoms with Gasteiger partial charge in [0.1, 0.15) is 5.69 Å². The monoisotopic (exact) mass is 299 g/mol. The van der Waals surface area contributed by atoms with Crippen molar-refractivity contribution in [1.29, 1.82) is 0 Å². The SMILES string of the molecule is CNC1CCC(N(C)c2c(F)cc([N+](=O)[O-])cc2F)CC1. The molecule has 1 aromatic carbocycles. The van der Waals surface area contributed by atoms with Crippen LogP contribution in [0, 0.1) is 21.7 Å². The minimum absolute atomic E-state index is 0.0417. The Kier molecular flexibility index (Phi) is 4.72. The van der Waals surface area contributed by atoms with Crippen molar-refractivity contribution in [2.75, 3.05) is 19.0 Å². The van der Waals surface area contributed by atoms with Crippen molar-refractivity contribution >= 4 is 11.4 Å². The second kappa shape index (κ2) is 6.34. The van der Waals surface area contributed by atoms with Gasteiger partial charge in [-0.05, 0) is 32.7 Å². The molecule has 1 fully saturated rings. The van der Waals surface area contributed by atoms with Crippen molar-refractivity contribution in [3.05, 3.63) is 33.9 Å². The van der Waals surface area contributed by atoms with Crippen molar-refractivity contribution < 1.29 is 13.7 Å². The normalized spacial score (nSPS) is 22.1. The summed E-state index contributed by atoms with van der Waals surface area (Å²) in [5, 5.41) is 13.8. The summed E-state index contributed by atoms with van der Waals surface area (Å²) in [6, 6.07) is 2.03. The summed E-state index contributed by atoms with van der Waals surface area (Å²) >= 11 is 0. The summed E-state index contributed by atoms with van der Waals surface area (Å²) in [5.74, 6) is -1.78. The van der Waals surface area contributed by atoms with Gasteiger partial charge in [0.05, 0.1) is 17.1 Å². The highest BCUT2D eigenvalue weighted by Crippen LogP contribution is 2.32. The van der Waals surface area contributed by atoms with E-state index >= 15 is 0 Å². The topological polar surface area (TPSA) is 58.4 Å². The number of nitrogens with zero attached hydrogens (tertiary/aromatic N) is 2. The van der Waals surface area contributed by atoms with Crippen LogP contribution in [0.2, 0.25) is 0 Å². The number of anilines is 1. The van der Waals surface area contributed by atoms with E-state index in [-0.39, 0.29) is 11.7 Å². The molecule has 1 N–H and O–H groups in total. The molecule has 1 aliphatic rings. The van der Waals surface area contributed by atoms with E-state index in [9.17, 15) is 18.9 Å². The number of rotatable bonds is 4. The summed E-state index contributed by atoms with van der Waals surface area (Å²) in [7, 11) is 3.54. The minimum Gasteiger partial charge on any atom is -0.367 e. The van der Waals surface area contributed by atoms with Crippen molar-refractivity contribution in [1.82, 2.24) is 5.32 Å². The number of hydrogen-bond donors (Lipinski definition) is 1.